The highest BCUT2D eigenvalue weighted by molar-refractivity contribution is 7.16. The van der Waals surface area contributed by atoms with E-state index in [4.69, 9.17) is 26.4 Å². The average molecular weight is 484 g/mol. The van der Waals surface area contributed by atoms with Crippen LogP contribution in [0.3, 0.4) is 0 Å². The van der Waals surface area contributed by atoms with Crippen LogP contribution in [0, 0.1) is 12.8 Å². The van der Waals surface area contributed by atoms with Gasteiger partial charge in [-0.3, -0.25) is 0 Å². The fourth-order valence-electron chi connectivity index (χ4n) is 2.69. The standard InChI is InChI=1S/C22H30ClN3O3S.CH4O/c1-13(2)9-18-19(15-8-7-14(3)17(23)10-15)26-20(30-18)24-11-16(12-27)25-21(28)29-22(4,5)6;1-2/h7-8,10,12-13,16H,9,11H2,1-6H3,(H,24,26)(H,25,28);2H,1H3. The van der Waals surface area contributed by atoms with Crippen LogP contribution in [0.5, 0.6) is 0 Å². The molecule has 178 valence electrons. The normalized spacial score (nSPS) is 11.9. The Bertz CT molecular complexity index is 894. The van der Waals surface area contributed by atoms with Gasteiger partial charge in [0.15, 0.2) is 5.13 Å². The van der Waals surface area contributed by atoms with E-state index in [-0.39, 0.29) is 6.54 Å². The van der Waals surface area contributed by atoms with Crippen molar-refractivity contribution in [3.05, 3.63) is 33.7 Å². The lowest BCUT2D eigenvalue weighted by atomic mass is 10.0. The van der Waals surface area contributed by atoms with Gasteiger partial charge in [-0.25, -0.2) is 9.78 Å². The number of nitrogens with zero attached hydrogens (tertiary/aromatic N) is 1. The molecule has 7 nitrogen and oxygen atoms in total. The van der Waals surface area contributed by atoms with Crippen molar-refractivity contribution in [1.29, 1.82) is 0 Å². The predicted octanol–water partition coefficient (Wildman–Crippen LogP) is 5.08. The Morgan fingerprint density at radius 3 is 2.50 bits per heavy atom. The number of anilines is 1. The molecule has 0 aliphatic heterocycles. The van der Waals surface area contributed by atoms with Crippen molar-refractivity contribution in [2.75, 3.05) is 19.0 Å². The predicted molar refractivity (Wildman–Crippen MR) is 132 cm³/mol. The second-order valence-electron chi connectivity index (χ2n) is 8.62. The minimum absolute atomic E-state index is 0.214. The van der Waals surface area contributed by atoms with Gasteiger partial charge in [-0.2, -0.15) is 0 Å². The molecule has 1 unspecified atom stereocenters. The van der Waals surface area contributed by atoms with E-state index in [2.05, 4.69) is 24.5 Å². The third-order valence-corrected chi connectivity index (χ3v) is 5.52. The highest BCUT2D eigenvalue weighted by Crippen LogP contribution is 2.34. The Morgan fingerprint density at radius 2 is 1.97 bits per heavy atom. The maximum absolute atomic E-state index is 11.9. The molecule has 1 aromatic carbocycles. The molecule has 0 aliphatic rings. The van der Waals surface area contributed by atoms with E-state index in [1.807, 2.05) is 25.1 Å². The molecule has 0 spiro atoms. The van der Waals surface area contributed by atoms with Gasteiger partial charge in [0.2, 0.25) is 0 Å². The fourth-order valence-corrected chi connectivity index (χ4v) is 4.07. The molecule has 0 bridgehead atoms. The number of aliphatic hydroxyl groups is 1. The van der Waals surface area contributed by atoms with Gasteiger partial charge in [0.05, 0.1) is 5.69 Å². The van der Waals surface area contributed by atoms with Gasteiger partial charge in [0.1, 0.15) is 17.9 Å². The number of amides is 1. The summed E-state index contributed by atoms with van der Waals surface area (Å²) in [5, 5.41) is 14.1. The van der Waals surface area contributed by atoms with Crippen LogP contribution in [-0.4, -0.2) is 47.8 Å². The summed E-state index contributed by atoms with van der Waals surface area (Å²) in [6.45, 7) is 11.8. The average Bonchev–Trinajstić information content (AvgIpc) is 3.09. The summed E-state index contributed by atoms with van der Waals surface area (Å²) in [6, 6.07) is 5.20. The number of ether oxygens (including phenoxy) is 1. The van der Waals surface area contributed by atoms with Gasteiger partial charge in [-0.05, 0) is 51.7 Å². The first-order valence-corrected chi connectivity index (χ1v) is 11.6. The molecule has 1 amide bonds. The van der Waals surface area contributed by atoms with E-state index in [9.17, 15) is 9.59 Å². The number of aldehydes is 1. The minimum atomic E-state index is -0.727. The summed E-state index contributed by atoms with van der Waals surface area (Å²) in [6.07, 6.45) is 0.934. The van der Waals surface area contributed by atoms with Crippen molar-refractivity contribution in [2.45, 2.75) is 59.6 Å². The lowest BCUT2D eigenvalue weighted by Crippen LogP contribution is -2.43. The van der Waals surface area contributed by atoms with E-state index in [1.165, 1.54) is 0 Å². The summed E-state index contributed by atoms with van der Waals surface area (Å²) in [5.41, 5.74) is 2.24. The lowest BCUT2D eigenvalue weighted by molar-refractivity contribution is -0.109. The molecule has 0 aliphatic carbocycles. The molecule has 2 aromatic rings. The zero-order valence-corrected chi connectivity index (χ0v) is 21.4. The van der Waals surface area contributed by atoms with Crippen LogP contribution in [0.2, 0.25) is 5.02 Å². The first-order chi connectivity index (χ1) is 15.0. The van der Waals surface area contributed by atoms with E-state index in [1.54, 1.807) is 32.1 Å². The number of carbonyl (C=O) groups is 2. The smallest absolute Gasteiger partial charge is 0.408 e. The van der Waals surface area contributed by atoms with E-state index >= 15 is 0 Å². The zero-order valence-electron chi connectivity index (χ0n) is 19.8. The van der Waals surface area contributed by atoms with Gasteiger partial charge in [0, 0.05) is 29.1 Å². The Balaban J connectivity index is 0.00000249. The first-order valence-electron chi connectivity index (χ1n) is 10.4. The van der Waals surface area contributed by atoms with Crippen LogP contribution in [0.25, 0.3) is 11.3 Å². The number of alkyl carbamates (subject to hydrolysis) is 1. The Morgan fingerprint density at radius 1 is 1.31 bits per heavy atom. The van der Waals surface area contributed by atoms with Crippen molar-refractivity contribution in [1.82, 2.24) is 10.3 Å². The van der Waals surface area contributed by atoms with Crippen LogP contribution in [0.1, 0.15) is 45.1 Å². The Hall–Kier alpha value is -2.16. The topological polar surface area (TPSA) is 101 Å². The number of hydrogen-bond donors (Lipinski definition) is 3. The molecule has 1 atom stereocenters. The lowest BCUT2D eigenvalue weighted by Gasteiger charge is -2.21. The number of rotatable bonds is 8. The zero-order chi connectivity index (χ0) is 24.5. The van der Waals surface area contributed by atoms with Gasteiger partial charge in [-0.1, -0.05) is 37.6 Å². The second kappa shape index (κ2) is 12.8. The number of benzene rings is 1. The molecule has 0 radical (unpaired) electrons. The molecule has 1 aromatic heterocycles. The van der Waals surface area contributed by atoms with Crippen LogP contribution in [-0.2, 0) is 16.0 Å². The molecule has 1 heterocycles. The van der Waals surface area contributed by atoms with Crippen molar-refractivity contribution in [2.24, 2.45) is 5.92 Å². The molecule has 9 heteroatoms. The van der Waals surface area contributed by atoms with Gasteiger partial charge in [-0.15, -0.1) is 11.3 Å². The van der Waals surface area contributed by atoms with E-state index in [0.29, 0.717) is 22.4 Å². The van der Waals surface area contributed by atoms with Gasteiger partial charge >= 0.3 is 6.09 Å². The quantitative estimate of drug-likeness (QED) is 0.452. The van der Waals surface area contributed by atoms with Crippen LogP contribution in [0.15, 0.2) is 18.2 Å². The summed E-state index contributed by atoms with van der Waals surface area (Å²) in [4.78, 5) is 29.2. The molecular weight excluding hydrogens is 450 g/mol. The number of nitrogens with one attached hydrogen (secondary N) is 2. The Kier molecular flexibility index (Phi) is 11.1. The van der Waals surface area contributed by atoms with Crippen LogP contribution in [0.4, 0.5) is 9.93 Å². The molecule has 0 saturated heterocycles. The number of hydrogen-bond acceptors (Lipinski definition) is 7. The molecule has 0 fully saturated rings. The molecule has 3 N–H and O–H groups in total. The third kappa shape index (κ3) is 9.14. The fraction of sp³-hybridized carbons (Fsp3) is 0.522. The Labute approximate surface area is 199 Å². The number of aryl methyl sites for hydroxylation is 1. The number of halogens is 1. The highest BCUT2D eigenvalue weighted by atomic mass is 35.5. The number of aliphatic hydroxyl groups excluding tert-OH is 1. The largest absolute Gasteiger partial charge is 0.444 e. The third-order valence-electron chi connectivity index (χ3n) is 4.08. The molecular formula is C23H34ClN3O4S. The summed E-state index contributed by atoms with van der Waals surface area (Å²) in [7, 11) is 1.00. The van der Waals surface area contributed by atoms with Crippen LogP contribution >= 0.6 is 22.9 Å². The molecule has 32 heavy (non-hydrogen) atoms. The van der Waals surface area contributed by atoms with Crippen molar-refractivity contribution in [3.8, 4) is 11.3 Å². The van der Waals surface area contributed by atoms with E-state index in [0.717, 1.165) is 35.2 Å². The highest BCUT2D eigenvalue weighted by Gasteiger charge is 2.20. The van der Waals surface area contributed by atoms with Gasteiger partial charge < -0.3 is 25.3 Å². The van der Waals surface area contributed by atoms with Crippen molar-refractivity contribution < 1.29 is 19.4 Å². The van der Waals surface area contributed by atoms with Gasteiger partial charge in [0.25, 0.3) is 0 Å². The number of aromatic nitrogens is 1. The number of carbonyl (C=O) groups excluding carboxylic acids is 2. The van der Waals surface area contributed by atoms with Crippen LogP contribution < -0.4 is 10.6 Å². The maximum atomic E-state index is 11.9. The summed E-state index contributed by atoms with van der Waals surface area (Å²) >= 11 is 7.86. The molecule has 0 saturated carbocycles. The minimum Gasteiger partial charge on any atom is -0.444 e. The first kappa shape index (κ1) is 27.9. The van der Waals surface area contributed by atoms with E-state index < -0.39 is 17.7 Å². The van der Waals surface area contributed by atoms with Crippen molar-refractivity contribution >= 4 is 40.4 Å². The number of thiazole rings is 1. The van der Waals surface area contributed by atoms with Crippen molar-refractivity contribution in [3.63, 3.8) is 0 Å². The maximum Gasteiger partial charge on any atom is 0.408 e. The monoisotopic (exact) mass is 483 g/mol. The summed E-state index contributed by atoms with van der Waals surface area (Å²) < 4.78 is 5.21. The molecule has 2 rings (SSSR count). The summed E-state index contributed by atoms with van der Waals surface area (Å²) in [5.74, 6) is 0.467. The second-order valence-corrected chi connectivity index (χ2v) is 10.1. The SMILES string of the molecule is CO.Cc1ccc(-c2nc(NCC(C=O)NC(=O)OC(C)(C)C)sc2CC(C)C)cc1Cl.